The summed E-state index contributed by atoms with van der Waals surface area (Å²) in [7, 11) is 1.60. The Morgan fingerprint density at radius 3 is 2.86 bits per heavy atom. The van der Waals surface area contributed by atoms with Crippen molar-refractivity contribution >= 4 is 0 Å². The maximum atomic E-state index is 9.10. The molecule has 0 fully saturated rings. The molecule has 1 unspecified atom stereocenters. The quantitative estimate of drug-likeness (QED) is 0.668. The minimum Gasteiger partial charge on any atom is -0.385 e. The van der Waals surface area contributed by atoms with Crippen molar-refractivity contribution in [2.75, 3.05) is 20.3 Å². The van der Waals surface area contributed by atoms with Gasteiger partial charge in [-0.3, -0.25) is 0 Å². The molecular formula is C8H14N2O4. The molecule has 1 aromatic rings. The molecule has 0 aliphatic rings. The number of nitrogens with zero attached hydrogens (tertiary/aromatic N) is 2. The monoisotopic (exact) mass is 202 g/mol. The fourth-order valence-electron chi connectivity index (χ4n) is 0.798. The van der Waals surface area contributed by atoms with Gasteiger partial charge in [0.1, 0.15) is 12.7 Å². The van der Waals surface area contributed by atoms with Crippen LogP contribution in [0.2, 0.25) is 0 Å². The molecule has 1 heterocycles. The second kappa shape index (κ2) is 5.69. The predicted molar refractivity (Wildman–Crippen MR) is 46.5 cm³/mol. The maximum Gasteiger partial charge on any atom is 0.252 e. The van der Waals surface area contributed by atoms with E-state index in [1.807, 2.05) is 0 Å². The third kappa shape index (κ3) is 3.41. The SMILES string of the molecule is COCCOCc1nc(C(C)O)no1. The van der Waals surface area contributed by atoms with E-state index in [4.69, 9.17) is 19.1 Å². The van der Waals surface area contributed by atoms with Crippen LogP contribution in [0.15, 0.2) is 4.52 Å². The Morgan fingerprint density at radius 2 is 2.29 bits per heavy atom. The largest absolute Gasteiger partial charge is 0.385 e. The van der Waals surface area contributed by atoms with Crippen LogP contribution in [0.3, 0.4) is 0 Å². The molecule has 1 atom stereocenters. The highest BCUT2D eigenvalue weighted by Gasteiger charge is 2.10. The van der Waals surface area contributed by atoms with Crippen molar-refractivity contribution in [3.8, 4) is 0 Å². The summed E-state index contributed by atoms with van der Waals surface area (Å²) in [5, 5.41) is 12.7. The lowest BCUT2D eigenvalue weighted by molar-refractivity contribution is 0.0494. The first kappa shape index (κ1) is 11.1. The lowest BCUT2D eigenvalue weighted by Gasteiger charge is -1.98. The third-order valence-corrected chi connectivity index (χ3v) is 1.51. The van der Waals surface area contributed by atoms with Crippen molar-refractivity contribution in [1.82, 2.24) is 10.1 Å². The van der Waals surface area contributed by atoms with E-state index in [-0.39, 0.29) is 12.4 Å². The first-order chi connectivity index (χ1) is 6.74. The second-order valence-corrected chi connectivity index (χ2v) is 2.77. The molecule has 80 valence electrons. The van der Waals surface area contributed by atoms with E-state index in [9.17, 15) is 0 Å². The molecule has 14 heavy (non-hydrogen) atoms. The number of rotatable bonds is 6. The van der Waals surface area contributed by atoms with Gasteiger partial charge in [-0.1, -0.05) is 5.16 Å². The average Bonchev–Trinajstić information content (AvgIpc) is 2.61. The van der Waals surface area contributed by atoms with Crippen LogP contribution in [-0.2, 0) is 16.1 Å². The second-order valence-electron chi connectivity index (χ2n) is 2.77. The minimum atomic E-state index is -0.716. The summed E-state index contributed by atoms with van der Waals surface area (Å²) in [5.41, 5.74) is 0. The summed E-state index contributed by atoms with van der Waals surface area (Å²) in [5.74, 6) is 0.632. The van der Waals surface area contributed by atoms with Crippen LogP contribution in [0.1, 0.15) is 24.7 Å². The first-order valence-electron chi connectivity index (χ1n) is 4.31. The van der Waals surface area contributed by atoms with Crippen molar-refractivity contribution in [1.29, 1.82) is 0 Å². The molecule has 0 amide bonds. The van der Waals surface area contributed by atoms with Gasteiger partial charge >= 0.3 is 0 Å². The summed E-state index contributed by atoms with van der Waals surface area (Å²) in [6, 6.07) is 0. The number of methoxy groups -OCH3 is 1. The molecule has 0 spiro atoms. The number of hydrogen-bond acceptors (Lipinski definition) is 6. The molecule has 0 saturated carbocycles. The van der Waals surface area contributed by atoms with Crippen molar-refractivity contribution < 1.29 is 19.1 Å². The molecule has 0 aliphatic heterocycles. The summed E-state index contributed by atoms with van der Waals surface area (Å²) in [4.78, 5) is 3.91. The van der Waals surface area contributed by atoms with Gasteiger partial charge in [-0.15, -0.1) is 0 Å². The maximum absolute atomic E-state index is 9.10. The van der Waals surface area contributed by atoms with Gasteiger partial charge in [-0.25, -0.2) is 0 Å². The van der Waals surface area contributed by atoms with Crippen LogP contribution in [0.4, 0.5) is 0 Å². The zero-order chi connectivity index (χ0) is 10.4. The van der Waals surface area contributed by atoms with Crippen LogP contribution >= 0.6 is 0 Å². The zero-order valence-corrected chi connectivity index (χ0v) is 8.27. The molecular weight excluding hydrogens is 188 g/mol. The van der Waals surface area contributed by atoms with E-state index >= 15 is 0 Å². The molecule has 0 bridgehead atoms. The van der Waals surface area contributed by atoms with E-state index in [1.54, 1.807) is 14.0 Å². The predicted octanol–water partition coefficient (Wildman–Crippen LogP) is 0.286. The van der Waals surface area contributed by atoms with Crippen molar-refractivity contribution in [3.05, 3.63) is 11.7 Å². The van der Waals surface area contributed by atoms with Crippen LogP contribution < -0.4 is 0 Å². The fraction of sp³-hybridized carbons (Fsp3) is 0.750. The molecule has 6 heteroatoms. The van der Waals surface area contributed by atoms with Crippen LogP contribution in [0, 0.1) is 0 Å². The van der Waals surface area contributed by atoms with E-state index in [1.165, 1.54) is 0 Å². The number of hydrogen-bond donors (Lipinski definition) is 1. The van der Waals surface area contributed by atoms with Gasteiger partial charge in [0, 0.05) is 7.11 Å². The van der Waals surface area contributed by atoms with Crippen LogP contribution in [-0.4, -0.2) is 35.6 Å². The minimum absolute atomic E-state index is 0.239. The van der Waals surface area contributed by atoms with Gasteiger partial charge in [0.15, 0.2) is 5.82 Å². The van der Waals surface area contributed by atoms with E-state index in [0.717, 1.165) is 0 Å². The molecule has 1 aromatic heterocycles. The lowest BCUT2D eigenvalue weighted by atomic mass is 10.4. The standard InChI is InChI=1S/C8H14N2O4/c1-6(11)8-9-7(14-10-8)5-13-4-3-12-2/h6,11H,3-5H2,1-2H3. The Morgan fingerprint density at radius 1 is 1.50 bits per heavy atom. The highest BCUT2D eigenvalue weighted by Crippen LogP contribution is 2.07. The number of aromatic nitrogens is 2. The van der Waals surface area contributed by atoms with E-state index in [0.29, 0.717) is 19.1 Å². The Hall–Kier alpha value is -0.980. The van der Waals surface area contributed by atoms with Gasteiger partial charge in [0.2, 0.25) is 0 Å². The summed E-state index contributed by atoms with van der Waals surface area (Å²) in [6.07, 6.45) is -0.716. The number of ether oxygens (including phenoxy) is 2. The summed E-state index contributed by atoms with van der Waals surface area (Å²) < 4.78 is 14.8. The topological polar surface area (TPSA) is 77.6 Å². The van der Waals surface area contributed by atoms with Gasteiger partial charge in [-0.2, -0.15) is 4.98 Å². The van der Waals surface area contributed by atoms with Crippen molar-refractivity contribution in [2.45, 2.75) is 19.6 Å². The fourth-order valence-corrected chi connectivity index (χ4v) is 0.798. The van der Waals surface area contributed by atoms with Crippen molar-refractivity contribution in [2.24, 2.45) is 0 Å². The number of aliphatic hydroxyl groups is 1. The summed E-state index contributed by atoms with van der Waals surface area (Å²) >= 11 is 0. The molecule has 0 saturated heterocycles. The van der Waals surface area contributed by atoms with Gasteiger partial charge < -0.3 is 19.1 Å². The highest BCUT2D eigenvalue weighted by molar-refractivity contribution is 4.87. The van der Waals surface area contributed by atoms with E-state index < -0.39 is 6.10 Å². The van der Waals surface area contributed by atoms with E-state index in [2.05, 4.69) is 10.1 Å². The Bertz CT molecular complexity index is 262. The highest BCUT2D eigenvalue weighted by atomic mass is 16.5. The van der Waals surface area contributed by atoms with Gasteiger partial charge in [0.25, 0.3) is 5.89 Å². The first-order valence-corrected chi connectivity index (χ1v) is 4.31. The molecule has 0 aliphatic carbocycles. The van der Waals surface area contributed by atoms with Gasteiger partial charge in [-0.05, 0) is 6.92 Å². The molecule has 6 nitrogen and oxygen atoms in total. The zero-order valence-electron chi connectivity index (χ0n) is 8.27. The molecule has 0 aromatic carbocycles. The average molecular weight is 202 g/mol. The normalized spacial score (nSPS) is 13.1. The van der Waals surface area contributed by atoms with Crippen LogP contribution in [0.25, 0.3) is 0 Å². The number of aliphatic hydroxyl groups excluding tert-OH is 1. The van der Waals surface area contributed by atoms with Crippen molar-refractivity contribution in [3.63, 3.8) is 0 Å². The smallest absolute Gasteiger partial charge is 0.252 e. The lowest BCUT2D eigenvalue weighted by Crippen LogP contribution is -2.02. The van der Waals surface area contributed by atoms with Gasteiger partial charge in [0.05, 0.1) is 13.2 Å². The Kier molecular flexibility index (Phi) is 4.51. The molecule has 1 rings (SSSR count). The Balaban J connectivity index is 2.29. The Labute approximate surface area is 81.8 Å². The molecule has 0 radical (unpaired) electrons. The van der Waals surface area contributed by atoms with Crippen LogP contribution in [0.5, 0.6) is 0 Å². The third-order valence-electron chi connectivity index (χ3n) is 1.51. The summed E-state index contributed by atoms with van der Waals surface area (Å²) in [6.45, 7) is 2.81. The molecule has 1 N–H and O–H groups in total.